The Balaban J connectivity index is 1.43. The molecule has 1 atom stereocenters. The number of fused-ring (bicyclic) bond motifs is 1. The second-order valence-electron chi connectivity index (χ2n) is 8.99. The number of sulfonamides is 1. The van der Waals surface area contributed by atoms with E-state index in [0.29, 0.717) is 28.8 Å². The number of nitrogens with zero attached hydrogens (tertiary/aromatic N) is 2. The van der Waals surface area contributed by atoms with Crippen LogP contribution >= 0.6 is 11.6 Å². The van der Waals surface area contributed by atoms with Crippen molar-refractivity contribution >= 4 is 38.4 Å². The number of hydroxylamine groups is 1. The normalized spacial score (nSPS) is 12.4. The Bertz CT molecular complexity index is 1710. The number of halogens is 1. The third-order valence-corrected chi connectivity index (χ3v) is 8.19. The van der Waals surface area contributed by atoms with Crippen LogP contribution in [0.2, 0.25) is 5.02 Å². The summed E-state index contributed by atoms with van der Waals surface area (Å²) in [6.07, 6.45) is 0.635. The maximum Gasteiger partial charge on any atom is 0.331 e. The fourth-order valence-corrected chi connectivity index (χ4v) is 5.68. The average Bonchev–Trinajstić information content (AvgIpc) is 2.95. The number of carbonyl (C=O) groups is 1. The number of hydrogen-bond acceptors (Lipinski definition) is 6. The molecule has 0 aliphatic heterocycles. The molecule has 1 unspecified atom stereocenters. The van der Waals surface area contributed by atoms with Crippen LogP contribution in [0.1, 0.15) is 19.3 Å². The van der Waals surface area contributed by atoms with Crippen molar-refractivity contribution in [3.63, 3.8) is 0 Å². The lowest BCUT2D eigenvalue weighted by Crippen LogP contribution is -2.45. The Morgan fingerprint density at radius 1 is 0.949 bits per heavy atom. The maximum atomic E-state index is 13.0. The Kier molecular flexibility index (Phi) is 8.66. The zero-order chi connectivity index (χ0) is 28.2. The minimum atomic E-state index is -4.10. The Hall–Kier alpha value is -3.77. The van der Waals surface area contributed by atoms with E-state index in [0.717, 1.165) is 15.7 Å². The molecule has 0 spiro atoms. The monoisotopic (exact) mass is 570 g/mol. The molecule has 12 heteroatoms. The second-order valence-corrected chi connectivity index (χ2v) is 11.1. The lowest BCUT2D eigenvalue weighted by molar-refractivity contribution is -0.131. The van der Waals surface area contributed by atoms with E-state index in [1.165, 1.54) is 22.2 Å². The first kappa shape index (κ1) is 28.2. The van der Waals surface area contributed by atoms with E-state index in [2.05, 4.69) is 4.72 Å². The quantitative estimate of drug-likeness (QED) is 0.152. The molecular formula is C27H27ClN4O6S. The summed E-state index contributed by atoms with van der Waals surface area (Å²) in [6, 6.07) is 18.7. The summed E-state index contributed by atoms with van der Waals surface area (Å²) in [5.74, 6) is -0.921. The molecule has 4 rings (SSSR count). The van der Waals surface area contributed by atoms with Gasteiger partial charge in [0.2, 0.25) is 10.0 Å². The molecule has 0 saturated heterocycles. The molecule has 3 aromatic carbocycles. The molecule has 0 bridgehead atoms. The number of unbranched alkanes of at least 4 members (excludes halogenated alkanes) is 1. The predicted molar refractivity (Wildman–Crippen MR) is 148 cm³/mol. The van der Waals surface area contributed by atoms with Gasteiger partial charge in [-0.15, -0.1) is 0 Å². The van der Waals surface area contributed by atoms with E-state index < -0.39 is 33.2 Å². The van der Waals surface area contributed by atoms with E-state index in [-0.39, 0.29) is 17.9 Å². The summed E-state index contributed by atoms with van der Waals surface area (Å²) in [7, 11) is -2.52. The molecule has 39 heavy (non-hydrogen) atoms. The number of benzene rings is 3. The van der Waals surface area contributed by atoms with Crippen LogP contribution in [-0.2, 0) is 28.4 Å². The maximum absolute atomic E-state index is 13.0. The Labute approximate surface area is 229 Å². The van der Waals surface area contributed by atoms with Gasteiger partial charge in [-0.05, 0) is 66.8 Å². The molecule has 3 N–H and O–H groups in total. The first-order valence-corrected chi connectivity index (χ1v) is 14.0. The van der Waals surface area contributed by atoms with E-state index in [9.17, 15) is 22.8 Å². The predicted octanol–water partition coefficient (Wildman–Crippen LogP) is 3.04. The van der Waals surface area contributed by atoms with Gasteiger partial charge in [-0.2, -0.15) is 4.72 Å². The molecule has 0 saturated carbocycles. The fourth-order valence-electron chi connectivity index (χ4n) is 4.32. The average molecular weight is 571 g/mol. The standard InChI is InChI=1S/C27H27ClN4O6S/c1-31-24-8-3-2-6-22(24)26(34)32(27(31)35)17-5-4-7-23(25(33)29-36)30-39(37,38)21-15-11-19(12-16-21)18-9-13-20(28)14-10-18/h2-3,6,8-16,23,30,36H,4-5,7,17H2,1H3,(H,29,33). The van der Waals surface area contributed by atoms with Gasteiger partial charge in [-0.25, -0.2) is 18.7 Å². The van der Waals surface area contributed by atoms with E-state index in [1.54, 1.807) is 55.6 Å². The molecular weight excluding hydrogens is 544 g/mol. The highest BCUT2D eigenvalue weighted by Crippen LogP contribution is 2.23. The van der Waals surface area contributed by atoms with Crippen molar-refractivity contribution in [1.29, 1.82) is 0 Å². The highest BCUT2D eigenvalue weighted by Gasteiger charge is 2.25. The molecule has 4 aromatic rings. The topological polar surface area (TPSA) is 140 Å². The highest BCUT2D eigenvalue weighted by atomic mass is 35.5. The van der Waals surface area contributed by atoms with Crippen LogP contribution in [0.5, 0.6) is 0 Å². The van der Waals surface area contributed by atoms with Crippen LogP contribution in [0.4, 0.5) is 0 Å². The van der Waals surface area contributed by atoms with Crippen molar-refractivity contribution in [1.82, 2.24) is 19.3 Å². The van der Waals surface area contributed by atoms with Crippen molar-refractivity contribution in [3.8, 4) is 11.1 Å². The number of carbonyl (C=O) groups excluding carboxylic acids is 1. The van der Waals surface area contributed by atoms with Crippen LogP contribution in [-0.4, -0.2) is 34.7 Å². The molecule has 1 amide bonds. The molecule has 10 nitrogen and oxygen atoms in total. The van der Waals surface area contributed by atoms with Crippen molar-refractivity contribution < 1.29 is 18.4 Å². The highest BCUT2D eigenvalue weighted by molar-refractivity contribution is 7.89. The molecule has 1 aromatic heterocycles. The van der Waals surface area contributed by atoms with Gasteiger partial charge in [-0.1, -0.05) is 48.0 Å². The summed E-state index contributed by atoms with van der Waals surface area (Å²) >= 11 is 5.92. The van der Waals surface area contributed by atoms with Crippen LogP contribution in [0.15, 0.2) is 87.3 Å². The minimum absolute atomic E-state index is 0.0249. The number of para-hydroxylation sites is 1. The Morgan fingerprint density at radius 2 is 1.56 bits per heavy atom. The molecule has 0 aliphatic carbocycles. The van der Waals surface area contributed by atoms with Crippen molar-refractivity contribution in [3.05, 3.63) is 98.7 Å². The second kappa shape index (κ2) is 12.0. The first-order chi connectivity index (χ1) is 18.6. The third-order valence-electron chi connectivity index (χ3n) is 6.45. The molecule has 1 heterocycles. The van der Waals surface area contributed by atoms with Crippen molar-refractivity contribution in [2.45, 2.75) is 36.7 Å². The lowest BCUT2D eigenvalue weighted by Gasteiger charge is -2.17. The summed E-state index contributed by atoms with van der Waals surface area (Å²) in [4.78, 5) is 37.7. The lowest BCUT2D eigenvalue weighted by atomic mass is 10.1. The summed E-state index contributed by atoms with van der Waals surface area (Å²) in [6.45, 7) is 0.0860. The zero-order valence-electron chi connectivity index (χ0n) is 21.0. The van der Waals surface area contributed by atoms with Crippen LogP contribution in [0.25, 0.3) is 22.0 Å². The fraction of sp³-hybridized carbons (Fsp3) is 0.222. The van der Waals surface area contributed by atoms with Gasteiger partial charge in [-0.3, -0.25) is 23.9 Å². The number of rotatable bonds is 10. The van der Waals surface area contributed by atoms with Gasteiger partial charge in [0.05, 0.1) is 15.8 Å². The summed E-state index contributed by atoms with van der Waals surface area (Å²) in [5.41, 5.74) is 2.78. The van der Waals surface area contributed by atoms with Crippen LogP contribution in [0, 0.1) is 0 Å². The van der Waals surface area contributed by atoms with Crippen LogP contribution in [0.3, 0.4) is 0 Å². The van der Waals surface area contributed by atoms with E-state index in [1.807, 2.05) is 12.1 Å². The van der Waals surface area contributed by atoms with Gasteiger partial charge in [0.15, 0.2) is 0 Å². The summed E-state index contributed by atoms with van der Waals surface area (Å²) < 4.78 is 30.8. The summed E-state index contributed by atoms with van der Waals surface area (Å²) in [5, 5.41) is 10.2. The number of aryl methyl sites for hydroxylation is 1. The number of hydrogen-bond donors (Lipinski definition) is 3. The van der Waals surface area contributed by atoms with Gasteiger partial charge in [0, 0.05) is 18.6 Å². The van der Waals surface area contributed by atoms with Gasteiger partial charge in [0.1, 0.15) is 6.04 Å². The SMILES string of the molecule is Cn1c(=O)n(CCCCC(NS(=O)(=O)c2ccc(-c3ccc(Cl)cc3)cc2)C(=O)NO)c(=O)c2ccccc21. The Morgan fingerprint density at radius 3 is 2.21 bits per heavy atom. The molecule has 204 valence electrons. The van der Waals surface area contributed by atoms with E-state index >= 15 is 0 Å². The van der Waals surface area contributed by atoms with Gasteiger partial charge < -0.3 is 0 Å². The largest absolute Gasteiger partial charge is 0.331 e. The van der Waals surface area contributed by atoms with Crippen molar-refractivity contribution in [2.75, 3.05) is 0 Å². The van der Waals surface area contributed by atoms with E-state index in [4.69, 9.17) is 16.8 Å². The van der Waals surface area contributed by atoms with Crippen LogP contribution < -0.4 is 21.5 Å². The zero-order valence-corrected chi connectivity index (χ0v) is 22.6. The van der Waals surface area contributed by atoms with Gasteiger partial charge >= 0.3 is 5.69 Å². The first-order valence-electron chi connectivity index (χ1n) is 12.1. The number of amides is 1. The number of nitrogens with one attached hydrogen (secondary N) is 2. The number of aromatic nitrogens is 2. The molecule has 0 fully saturated rings. The van der Waals surface area contributed by atoms with Gasteiger partial charge in [0.25, 0.3) is 11.5 Å². The third kappa shape index (κ3) is 6.28. The minimum Gasteiger partial charge on any atom is -0.296 e. The smallest absolute Gasteiger partial charge is 0.296 e. The molecule has 0 radical (unpaired) electrons. The van der Waals surface area contributed by atoms with Crippen molar-refractivity contribution in [2.24, 2.45) is 7.05 Å². The molecule has 0 aliphatic rings.